The van der Waals surface area contributed by atoms with Crippen LogP contribution in [0.25, 0.3) is 0 Å². The molecule has 1 aromatic rings. The summed E-state index contributed by atoms with van der Waals surface area (Å²) >= 11 is 4.22. The fourth-order valence-electron chi connectivity index (χ4n) is 3.07. The number of halogens is 2. The van der Waals surface area contributed by atoms with E-state index in [1.54, 1.807) is 6.07 Å². The molecule has 1 atom stereocenters. The number of hydrogen-bond acceptors (Lipinski definition) is 3. The number of ether oxygens (including phenoxy) is 1. The Morgan fingerprint density at radius 1 is 1.35 bits per heavy atom. The predicted octanol–water partition coefficient (Wildman–Crippen LogP) is 4.29. The van der Waals surface area contributed by atoms with Crippen LogP contribution in [0.4, 0.5) is 10.1 Å². The molecule has 2 fully saturated rings. The van der Waals surface area contributed by atoms with E-state index in [4.69, 9.17) is 4.74 Å². The SMILES string of the molecule is Fc1ccc(NC2CCOC3(CCSCC3)C2)c(I)c1. The highest BCUT2D eigenvalue weighted by molar-refractivity contribution is 14.1. The van der Waals surface area contributed by atoms with Crippen molar-refractivity contribution < 1.29 is 9.13 Å². The minimum atomic E-state index is -0.173. The highest BCUT2D eigenvalue weighted by Gasteiger charge is 2.38. The normalized spacial score (nSPS) is 25.6. The number of nitrogens with one attached hydrogen (secondary N) is 1. The lowest BCUT2D eigenvalue weighted by atomic mass is 9.85. The number of anilines is 1. The Balaban J connectivity index is 1.68. The smallest absolute Gasteiger partial charge is 0.124 e. The molecule has 1 aromatic carbocycles. The van der Waals surface area contributed by atoms with Crippen LogP contribution in [-0.2, 0) is 4.74 Å². The Labute approximate surface area is 137 Å². The van der Waals surface area contributed by atoms with Crippen LogP contribution in [0.3, 0.4) is 0 Å². The lowest BCUT2D eigenvalue weighted by Gasteiger charge is -2.43. The maximum absolute atomic E-state index is 13.2. The average molecular weight is 407 g/mol. The fourth-order valence-corrected chi connectivity index (χ4v) is 4.94. The molecule has 2 nitrogen and oxygen atoms in total. The Kier molecular flexibility index (Phi) is 4.77. The second-order valence-corrected chi connectivity index (χ2v) is 7.99. The summed E-state index contributed by atoms with van der Waals surface area (Å²) in [7, 11) is 0. The Bertz CT molecular complexity index is 473. The van der Waals surface area contributed by atoms with Gasteiger partial charge in [-0.3, -0.25) is 0 Å². The van der Waals surface area contributed by atoms with Gasteiger partial charge < -0.3 is 10.1 Å². The minimum absolute atomic E-state index is 0.0899. The van der Waals surface area contributed by atoms with Crippen LogP contribution in [-0.4, -0.2) is 29.8 Å². The zero-order valence-corrected chi connectivity index (χ0v) is 14.3. The molecule has 5 heteroatoms. The van der Waals surface area contributed by atoms with Gasteiger partial charge in [0.25, 0.3) is 0 Å². The molecule has 0 amide bonds. The van der Waals surface area contributed by atoms with Crippen molar-refractivity contribution in [2.45, 2.75) is 37.3 Å². The first-order valence-electron chi connectivity index (χ1n) is 7.10. The highest BCUT2D eigenvalue weighted by Crippen LogP contribution is 2.38. The molecule has 2 heterocycles. The second-order valence-electron chi connectivity index (χ2n) is 5.60. The molecule has 0 bridgehead atoms. The van der Waals surface area contributed by atoms with Crippen molar-refractivity contribution in [2.24, 2.45) is 0 Å². The second kappa shape index (κ2) is 6.40. The molecule has 110 valence electrons. The summed E-state index contributed by atoms with van der Waals surface area (Å²) in [6.45, 7) is 0.833. The molecule has 0 radical (unpaired) electrons. The molecule has 0 saturated carbocycles. The van der Waals surface area contributed by atoms with E-state index in [0.717, 1.165) is 41.5 Å². The van der Waals surface area contributed by atoms with Crippen molar-refractivity contribution in [1.29, 1.82) is 0 Å². The van der Waals surface area contributed by atoms with Gasteiger partial charge in [-0.1, -0.05) is 0 Å². The van der Waals surface area contributed by atoms with Gasteiger partial charge in [0.15, 0.2) is 0 Å². The zero-order chi connectivity index (χ0) is 14.0. The van der Waals surface area contributed by atoms with E-state index >= 15 is 0 Å². The van der Waals surface area contributed by atoms with E-state index in [1.807, 2.05) is 17.8 Å². The molecule has 0 aromatic heterocycles. The first-order chi connectivity index (χ1) is 9.67. The Morgan fingerprint density at radius 2 is 2.15 bits per heavy atom. The van der Waals surface area contributed by atoms with E-state index in [9.17, 15) is 4.39 Å². The average Bonchev–Trinajstić information content (AvgIpc) is 2.43. The fraction of sp³-hybridized carbons (Fsp3) is 0.600. The summed E-state index contributed by atoms with van der Waals surface area (Å²) in [6.07, 6.45) is 4.43. The van der Waals surface area contributed by atoms with Crippen molar-refractivity contribution in [3.63, 3.8) is 0 Å². The lowest BCUT2D eigenvalue weighted by molar-refractivity contribution is -0.0865. The topological polar surface area (TPSA) is 21.3 Å². The van der Waals surface area contributed by atoms with Crippen molar-refractivity contribution in [3.8, 4) is 0 Å². The van der Waals surface area contributed by atoms with Crippen molar-refractivity contribution in [2.75, 3.05) is 23.4 Å². The van der Waals surface area contributed by atoms with Crippen LogP contribution < -0.4 is 5.32 Å². The van der Waals surface area contributed by atoms with Crippen LogP contribution in [0.2, 0.25) is 0 Å². The van der Waals surface area contributed by atoms with E-state index in [-0.39, 0.29) is 11.4 Å². The van der Waals surface area contributed by atoms with Gasteiger partial charge >= 0.3 is 0 Å². The summed E-state index contributed by atoms with van der Waals surface area (Å²) in [5, 5.41) is 3.59. The summed E-state index contributed by atoms with van der Waals surface area (Å²) in [6, 6.07) is 5.38. The van der Waals surface area contributed by atoms with Crippen LogP contribution in [0, 0.1) is 9.39 Å². The standard InChI is InChI=1S/C15H19FINOS/c16-11-1-2-14(13(17)9-11)18-12-3-6-19-15(10-12)4-7-20-8-5-15/h1-2,9,12,18H,3-8,10H2. The lowest BCUT2D eigenvalue weighted by Crippen LogP contribution is -2.46. The number of benzene rings is 1. The van der Waals surface area contributed by atoms with E-state index in [2.05, 4.69) is 27.9 Å². The van der Waals surface area contributed by atoms with Gasteiger partial charge in [-0.2, -0.15) is 11.8 Å². The van der Waals surface area contributed by atoms with Gasteiger partial charge in [0, 0.05) is 21.9 Å². The predicted molar refractivity (Wildman–Crippen MR) is 91.0 cm³/mol. The quantitative estimate of drug-likeness (QED) is 0.740. The first-order valence-corrected chi connectivity index (χ1v) is 9.34. The van der Waals surface area contributed by atoms with Gasteiger partial charge in [-0.05, 0) is 78.0 Å². The highest BCUT2D eigenvalue weighted by atomic mass is 127. The molecular weight excluding hydrogens is 388 g/mol. The summed E-state index contributed by atoms with van der Waals surface area (Å²) < 4.78 is 20.2. The molecule has 20 heavy (non-hydrogen) atoms. The van der Waals surface area contributed by atoms with Crippen LogP contribution >= 0.6 is 34.4 Å². The van der Waals surface area contributed by atoms with Crippen LogP contribution in [0.1, 0.15) is 25.7 Å². The molecule has 1 N–H and O–H groups in total. The largest absolute Gasteiger partial charge is 0.381 e. The summed E-state index contributed by atoms with van der Waals surface area (Å²) in [4.78, 5) is 0. The van der Waals surface area contributed by atoms with E-state index in [1.165, 1.54) is 17.6 Å². The third kappa shape index (κ3) is 3.42. The number of rotatable bonds is 2. The Hall–Kier alpha value is -0.0100. The number of thioether (sulfide) groups is 1. The molecule has 2 saturated heterocycles. The third-order valence-corrected chi connectivity index (χ3v) is 6.07. The van der Waals surface area contributed by atoms with Gasteiger partial charge in [-0.25, -0.2) is 4.39 Å². The van der Waals surface area contributed by atoms with Crippen LogP contribution in [0.15, 0.2) is 18.2 Å². The van der Waals surface area contributed by atoms with Crippen LogP contribution in [0.5, 0.6) is 0 Å². The molecule has 1 unspecified atom stereocenters. The van der Waals surface area contributed by atoms with Crippen molar-refractivity contribution in [1.82, 2.24) is 0 Å². The van der Waals surface area contributed by atoms with E-state index in [0.29, 0.717) is 6.04 Å². The van der Waals surface area contributed by atoms with Crippen molar-refractivity contribution >= 4 is 40.0 Å². The maximum atomic E-state index is 13.2. The van der Waals surface area contributed by atoms with Gasteiger partial charge in [0.1, 0.15) is 5.82 Å². The molecule has 1 spiro atoms. The van der Waals surface area contributed by atoms with Gasteiger partial charge in [-0.15, -0.1) is 0 Å². The Morgan fingerprint density at radius 3 is 2.90 bits per heavy atom. The maximum Gasteiger partial charge on any atom is 0.124 e. The minimum Gasteiger partial charge on any atom is -0.381 e. The molecule has 3 rings (SSSR count). The molecule has 0 aliphatic carbocycles. The zero-order valence-electron chi connectivity index (χ0n) is 11.3. The first kappa shape index (κ1) is 14.9. The molecular formula is C15H19FINOS. The molecule has 2 aliphatic heterocycles. The summed E-state index contributed by atoms with van der Waals surface area (Å²) in [5.41, 5.74) is 1.13. The van der Waals surface area contributed by atoms with Gasteiger partial charge in [0.2, 0.25) is 0 Å². The van der Waals surface area contributed by atoms with Crippen molar-refractivity contribution in [3.05, 3.63) is 27.6 Å². The van der Waals surface area contributed by atoms with E-state index < -0.39 is 0 Å². The summed E-state index contributed by atoms with van der Waals surface area (Å²) in [5.74, 6) is 2.24. The monoisotopic (exact) mass is 407 g/mol. The third-order valence-electron chi connectivity index (χ3n) is 4.19. The molecule has 2 aliphatic rings. The number of hydrogen-bond donors (Lipinski definition) is 1. The van der Waals surface area contributed by atoms with Gasteiger partial charge in [0.05, 0.1) is 5.60 Å².